The van der Waals surface area contributed by atoms with Gasteiger partial charge in [0.15, 0.2) is 0 Å². The Kier molecular flexibility index (Phi) is 8.90. The lowest BCUT2D eigenvalue weighted by molar-refractivity contribution is -0.122. The number of methoxy groups -OCH3 is 1. The molecule has 1 aromatic heterocycles. The number of benzene rings is 2. The summed E-state index contributed by atoms with van der Waals surface area (Å²) < 4.78 is 7.50. The van der Waals surface area contributed by atoms with Gasteiger partial charge in [0.25, 0.3) is 11.5 Å². The molecule has 0 aliphatic heterocycles. The van der Waals surface area contributed by atoms with E-state index in [1.807, 2.05) is 0 Å². The van der Waals surface area contributed by atoms with E-state index in [2.05, 4.69) is 10.6 Å². The highest BCUT2D eigenvalue weighted by Crippen LogP contribution is 2.17. The molecule has 1 aliphatic carbocycles. The lowest BCUT2D eigenvalue weighted by Gasteiger charge is -2.23. The summed E-state index contributed by atoms with van der Waals surface area (Å²) in [5, 5.41) is 6.26. The largest absolute Gasteiger partial charge is 0.385 e. The van der Waals surface area contributed by atoms with Crippen LogP contribution in [0.1, 0.15) is 54.4 Å². The van der Waals surface area contributed by atoms with E-state index in [1.54, 1.807) is 55.6 Å². The number of ether oxygens (including phenoxy) is 1. The molecule has 37 heavy (non-hydrogen) atoms. The van der Waals surface area contributed by atoms with Crippen LogP contribution in [0.25, 0.3) is 10.9 Å². The van der Waals surface area contributed by atoms with Crippen molar-refractivity contribution in [2.75, 3.05) is 20.3 Å². The fraction of sp³-hybridized carbons (Fsp3) is 0.429. The molecule has 1 heterocycles. The Hall–Kier alpha value is -3.72. The van der Waals surface area contributed by atoms with Gasteiger partial charge in [0.05, 0.1) is 17.4 Å². The molecule has 0 radical (unpaired) electrons. The standard InChI is InChI=1S/C28H34N4O5/c1-37-17-7-16-29-26(34)21-14-12-20(13-15-21)18-32-27(35)23-10-5-6-11-24(23)31(28(32)36)19-25(33)30-22-8-3-2-4-9-22/h5-6,10-15,22H,2-4,7-9,16-19H2,1H3,(H,29,34)(H,30,33). The van der Waals surface area contributed by atoms with Gasteiger partial charge in [-0.05, 0) is 49.1 Å². The summed E-state index contributed by atoms with van der Waals surface area (Å²) in [4.78, 5) is 51.8. The number of nitrogens with one attached hydrogen (secondary N) is 2. The van der Waals surface area contributed by atoms with Crippen molar-refractivity contribution in [3.8, 4) is 0 Å². The topological polar surface area (TPSA) is 111 Å². The first kappa shape index (κ1) is 26.3. The first-order valence-electron chi connectivity index (χ1n) is 12.9. The van der Waals surface area contributed by atoms with Crippen LogP contribution in [0.4, 0.5) is 0 Å². The second-order valence-electron chi connectivity index (χ2n) is 9.48. The summed E-state index contributed by atoms with van der Waals surface area (Å²) in [5.74, 6) is -0.429. The molecular weight excluding hydrogens is 472 g/mol. The van der Waals surface area contributed by atoms with Gasteiger partial charge < -0.3 is 15.4 Å². The monoisotopic (exact) mass is 506 g/mol. The summed E-state index contributed by atoms with van der Waals surface area (Å²) in [5.41, 5.74) is 0.674. The van der Waals surface area contributed by atoms with Crippen LogP contribution in [-0.2, 0) is 22.6 Å². The van der Waals surface area contributed by atoms with Gasteiger partial charge in [-0.1, -0.05) is 43.5 Å². The predicted octanol–water partition coefficient (Wildman–Crippen LogP) is 2.43. The number of carbonyl (C=O) groups excluding carboxylic acids is 2. The normalized spacial score (nSPS) is 14.0. The number of rotatable bonds is 10. The molecule has 0 saturated heterocycles. The minimum Gasteiger partial charge on any atom is -0.385 e. The summed E-state index contributed by atoms with van der Waals surface area (Å²) in [6, 6.07) is 13.8. The number of amides is 2. The Labute approximate surface area is 215 Å². The number of carbonyl (C=O) groups is 2. The summed E-state index contributed by atoms with van der Waals surface area (Å²) >= 11 is 0. The number of hydrogen-bond donors (Lipinski definition) is 2. The minimum atomic E-state index is -0.539. The van der Waals surface area contributed by atoms with Crippen LogP contribution in [0.2, 0.25) is 0 Å². The molecule has 0 bridgehead atoms. The van der Waals surface area contributed by atoms with Crippen LogP contribution in [0.5, 0.6) is 0 Å². The SMILES string of the molecule is COCCCNC(=O)c1ccc(Cn2c(=O)c3ccccc3n(CC(=O)NC3CCCCC3)c2=O)cc1. The molecule has 196 valence electrons. The molecule has 0 spiro atoms. The van der Waals surface area contributed by atoms with Crippen molar-refractivity contribution in [1.82, 2.24) is 19.8 Å². The Balaban J connectivity index is 1.55. The molecule has 9 heteroatoms. The third kappa shape index (κ3) is 6.54. The maximum Gasteiger partial charge on any atom is 0.332 e. The zero-order chi connectivity index (χ0) is 26.2. The first-order chi connectivity index (χ1) is 18.0. The van der Waals surface area contributed by atoms with Crippen LogP contribution in [0.15, 0.2) is 58.1 Å². The number of nitrogens with zero attached hydrogens (tertiary/aromatic N) is 2. The van der Waals surface area contributed by atoms with Gasteiger partial charge in [0.2, 0.25) is 5.91 Å². The van der Waals surface area contributed by atoms with Crippen LogP contribution >= 0.6 is 0 Å². The second kappa shape index (κ2) is 12.5. The third-order valence-corrected chi connectivity index (χ3v) is 6.77. The van der Waals surface area contributed by atoms with Gasteiger partial charge in [0.1, 0.15) is 6.54 Å². The molecule has 2 aromatic carbocycles. The van der Waals surface area contributed by atoms with Gasteiger partial charge >= 0.3 is 5.69 Å². The molecular formula is C28H34N4O5. The maximum absolute atomic E-state index is 13.5. The van der Waals surface area contributed by atoms with Crippen molar-refractivity contribution >= 4 is 22.7 Å². The van der Waals surface area contributed by atoms with E-state index in [4.69, 9.17) is 4.74 Å². The van der Waals surface area contributed by atoms with Gasteiger partial charge in [-0.25, -0.2) is 4.79 Å². The second-order valence-corrected chi connectivity index (χ2v) is 9.48. The molecule has 1 fully saturated rings. The molecule has 4 rings (SSSR count). The van der Waals surface area contributed by atoms with Gasteiger partial charge in [-0.2, -0.15) is 0 Å². The van der Waals surface area contributed by atoms with E-state index in [0.29, 0.717) is 35.2 Å². The van der Waals surface area contributed by atoms with E-state index < -0.39 is 11.2 Å². The van der Waals surface area contributed by atoms with Crippen LogP contribution in [0.3, 0.4) is 0 Å². The number of aromatic nitrogens is 2. The Bertz CT molecular complexity index is 1350. The zero-order valence-corrected chi connectivity index (χ0v) is 21.2. The van der Waals surface area contributed by atoms with Crippen molar-refractivity contribution in [3.05, 3.63) is 80.5 Å². The molecule has 1 saturated carbocycles. The lowest BCUT2D eigenvalue weighted by Crippen LogP contribution is -2.44. The molecule has 1 aliphatic rings. The zero-order valence-electron chi connectivity index (χ0n) is 21.2. The van der Waals surface area contributed by atoms with E-state index in [1.165, 1.54) is 11.0 Å². The van der Waals surface area contributed by atoms with E-state index in [0.717, 1.165) is 36.7 Å². The van der Waals surface area contributed by atoms with Crippen LogP contribution < -0.4 is 21.9 Å². The van der Waals surface area contributed by atoms with E-state index >= 15 is 0 Å². The van der Waals surface area contributed by atoms with Gasteiger partial charge in [-0.15, -0.1) is 0 Å². The first-order valence-corrected chi connectivity index (χ1v) is 12.9. The van der Waals surface area contributed by atoms with Crippen molar-refractivity contribution in [2.24, 2.45) is 0 Å². The minimum absolute atomic E-state index is 0.0302. The average Bonchev–Trinajstić information content (AvgIpc) is 2.92. The predicted molar refractivity (Wildman–Crippen MR) is 142 cm³/mol. The Morgan fingerprint density at radius 1 is 0.973 bits per heavy atom. The van der Waals surface area contributed by atoms with Crippen molar-refractivity contribution in [3.63, 3.8) is 0 Å². The maximum atomic E-state index is 13.5. The Morgan fingerprint density at radius 3 is 2.43 bits per heavy atom. The fourth-order valence-corrected chi connectivity index (χ4v) is 4.79. The van der Waals surface area contributed by atoms with E-state index in [-0.39, 0.29) is 30.9 Å². The highest BCUT2D eigenvalue weighted by Gasteiger charge is 2.19. The number of para-hydroxylation sites is 1. The molecule has 0 unspecified atom stereocenters. The fourth-order valence-electron chi connectivity index (χ4n) is 4.79. The van der Waals surface area contributed by atoms with Crippen LogP contribution in [-0.4, -0.2) is 47.3 Å². The highest BCUT2D eigenvalue weighted by atomic mass is 16.5. The summed E-state index contributed by atoms with van der Waals surface area (Å²) in [7, 11) is 1.61. The quantitative estimate of drug-likeness (QED) is 0.410. The molecule has 0 atom stereocenters. The van der Waals surface area contributed by atoms with Gasteiger partial charge in [0, 0.05) is 31.9 Å². The van der Waals surface area contributed by atoms with Crippen molar-refractivity contribution in [2.45, 2.75) is 57.7 Å². The third-order valence-electron chi connectivity index (χ3n) is 6.77. The Morgan fingerprint density at radius 2 is 1.70 bits per heavy atom. The summed E-state index contributed by atoms with van der Waals surface area (Å²) in [6.07, 6.45) is 5.97. The molecule has 3 aromatic rings. The summed E-state index contributed by atoms with van der Waals surface area (Å²) in [6.45, 7) is 0.953. The van der Waals surface area contributed by atoms with Crippen molar-refractivity contribution < 1.29 is 14.3 Å². The van der Waals surface area contributed by atoms with Gasteiger partial charge in [-0.3, -0.25) is 23.5 Å². The van der Waals surface area contributed by atoms with Crippen LogP contribution in [0, 0.1) is 0 Å². The number of hydrogen-bond acceptors (Lipinski definition) is 5. The molecule has 9 nitrogen and oxygen atoms in total. The smallest absolute Gasteiger partial charge is 0.332 e. The van der Waals surface area contributed by atoms with Crippen molar-refractivity contribution in [1.29, 1.82) is 0 Å². The average molecular weight is 507 g/mol. The lowest BCUT2D eigenvalue weighted by atomic mass is 9.95. The van der Waals surface area contributed by atoms with E-state index in [9.17, 15) is 19.2 Å². The number of fused-ring (bicyclic) bond motifs is 1. The molecule has 2 N–H and O–H groups in total. The molecule has 2 amide bonds. The highest BCUT2D eigenvalue weighted by molar-refractivity contribution is 5.94.